The van der Waals surface area contributed by atoms with E-state index in [4.69, 9.17) is 0 Å². The molecule has 0 unspecified atom stereocenters. The fourth-order valence-electron chi connectivity index (χ4n) is 3.05. The Kier molecular flexibility index (Phi) is 9.93. The molecule has 42 heavy (non-hydrogen) atoms. The van der Waals surface area contributed by atoms with Gasteiger partial charge in [0.15, 0.2) is 0 Å². The van der Waals surface area contributed by atoms with Gasteiger partial charge in [-0.05, 0) is 26.3 Å². The van der Waals surface area contributed by atoms with Gasteiger partial charge in [0, 0.05) is 13.1 Å². The van der Waals surface area contributed by atoms with Crippen molar-refractivity contribution in [3.8, 4) is 6.07 Å². The van der Waals surface area contributed by atoms with Crippen LogP contribution in [0.2, 0.25) is 0 Å². The second-order valence-corrected chi connectivity index (χ2v) is 9.19. The summed E-state index contributed by atoms with van der Waals surface area (Å²) in [6.45, 7) is 3.89. The molecule has 0 aliphatic rings. The molecule has 0 aliphatic carbocycles. The number of alkyl halides is 16. The molecular weight excluding hydrogens is 650 g/mol. The Hall–Kier alpha value is -2.99. The summed E-state index contributed by atoms with van der Waals surface area (Å²) in [5.74, 6) is -61.7. The van der Waals surface area contributed by atoms with Crippen molar-refractivity contribution in [2.45, 2.75) is 68.7 Å². The number of hydrogen-bond acceptors (Lipinski definition) is 4. The van der Waals surface area contributed by atoms with E-state index >= 15 is 0 Å². The number of rotatable bonds is 12. The van der Waals surface area contributed by atoms with Gasteiger partial charge in [0.05, 0.1) is 10.4 Å². The summed E-state index contributed by atoms with van der Waals surface area (Å²) in [7, 11) is 0. The lowest BCUT2D eigenvalue weighted by Crippen LogP contribution is -2.74. The summed E-state index contributed by atoms with van der Waals surface area (Å²) in [6, 6.07) is 1.23. The van der Waals surface area contributed by atoms with E-state index in [1.807, 2.05) is 0 Å². The van der Waals surface area contributed by atoms with Crippen molar-refractivity contribution in [2.75, 3.05) is 18.4 Å². The maximum Gasteiger partial charge on any atom is 0.393 e. The van der Waals surface area contributed by atoms with Gasteiger partial charge < -0.3 is 10.2 Å². The minimum atomic E-state index is -8.66. The Labute approximate surface area is 228 Å². The molecule has 240 valence electrons. The number of anilines is 1. The molecule has 0 saturated carbocycles. The van der Waals surface area contributed by atoms with Crippen LogP contribution in [0.3, 0.4) is 0 Å². The van der Waals surface area contributed by atoms with Crippen molar-refractivity contribution >= 4 is 28.2 Å². The van der Waals surface area contributed by atoms with Gasteiger partial charge >= 0.3 is 53.8 Å². The topological polar surface area (TPSA) is 73.2 Å². The predicted molar refractivity (Wildman–Crippen MR) is 110 cm³/mol. The second kappa shape index (κ2) is 11.3. The number of hydrogen-bond donors (Lipinski definition) is 1. The van der Waals surface area contributed by atoms with Gasteiger partial charge in [-0.3, -0.25) is 9.59 Å². The third-order valence-electron chi connectivity index (χ3n) is 5.68. The summed E-state index contributed by atoms with van der Waals surface area (Å²) in [5.41, 5.74) is -1.30. The number of carbonyl (C=O) groups is 2. The molecule has 0 saturated heterocycles. The van der Waals surface area contributed by atoms with E-state index < -0.39 is 75.1 Å². The molecule has 1 N–H and O–H groups in total. The summed E-state index contributed by atoms with van der Waals surface area (Å²) in [5, 5.41) is 8.70. The number of amides is 2. The van der Waals surface area contributed by atoms with Crippen LogP contribution in [-0.4, -0.2) is 77.7 Å². The summed E-state index contributed by atoms with van der Waals surface area (Å²) >= 11 is -0.0740. The summed E-state index contributed by atoms with van der Waals surface area (Å²) in [6.07, 6.45) is -5.97. The van der Waals surface area contributed by atoms with E-state index in [-0.39, 0.29) is 30.0 Å². The molecule has 5 nitrogen and oxygen atoms in total. The smallest absolute Gasteiger partial charge is 0.338 e. The minimum absolute atomic E-state index is 0.0107. The lowest BCUT2D eigenvalue weighted by atomic mass is 9.89. The number of thiophene rings is 1. The van der Waals surface area contributed by atoms with Gasteiger partial charge in [0.2, 0.25) is 0 Å². The predicted octanol–water partition coefficient (Wildman–Crippen LogP) is 7.06. The molecule has 0 aliphatic heterocycles. The zero-order valence-corrected chi connectivity index (χ0v) is 21.5. The molecule has 0 fully saturated rings. The molecule has 1 aromatic heterocycles. The SMILES string of the molecule is CCN(CC)C(=O)c1sc(NC(=O)C(F)(F)C(F)(F)C(F)(F)C(F)(F)C(F)(F)C(F)(F)C(F)(F)C(F)F)c(C#N)c1C. The minimum Gasteiger partial charge on any atom is -0.338 e. The molecule has 0 bridgehead atoms. The van der Waals surface area contributed by atoms with Crippen LogP contribution in [0.25, 0.3) is 0 Å². The molecule has 0 spiro atoms. The average molecular weight is 665 g/mol. The maximum absolute atomic E-state index is 14.3. The van der Waals surface area contributed by atoms with E-state index in [2.05, 4.69) is 0 Å². The lowest BCUT2D eigenvalue weighted by Gasteiger charge is -2.42. The van der Waals surface area contributed by atoms with Crippen LogP contribution in [0.5, 0.6) is 0 Å². The Morgan fingerprint density at radius 3 is 1.60 bits per heavy atom. The Morgan fingerprint density at radius 1 is 0.810 bits per heavy atom. The molecular formula is C20H15F16N3O2S. The first-order valence-corrected chi connectivity index (χ1v) is 11.5. The molecule has 22 heteroatoms. The Morgan fingerprint density at radius 2 is 1.21 bits per heavy atom. The van der Waals surface area contributed by atoms with Crippen LogP contribution < -0.4 is 5.32 Å². The van der Waals surface area contributed by atoms with Crippen LogP contribution in [0.4, 0.5) is 75.2 Å². The number of carbonyl (C=O) groups excluding carboxylic acids is 2. The molecule has 0 radical (unpaired) electrons. The van der Waals surface area contributed by atoms with Crippen molar-refractivity contribution in [1.82, 2.24) is 4.90 Å². The standard InChI is InChI=1S/C20H15F16N3O2S/c1-4-39(5-2)11(40)9-7(3)8(6-37)10(42-9)38-13(41)15(25,26)17(29,30)19(33,34)20(35,36)18(31,32)16(27,28)14(23,24)12(21)22/h12H,4-5H2,1-3H3,(H,38,41). The van der Waals surface area contributed by atoms with E-state index in [0.717, 1.165) is 17.1 Å². The van der Waals surface area contributed by atoms with Crippen LogP contribution in [0.15, 0.2) is 0 Å². The molecule has 1 aromatic rings. The zero-order chi connectivity index (χ0) is 33.7. The van der Waals surface area contributed by atoms with E-state index in [0.29, 0.717) is 0 Å². The third-order valence-corrected chi connectivity index (χ3v) is 6.88. The van der Waals surface area contributed by atoms with E-state index in [9.17, 15) is 85.1 Å². The molecule has 2 amide bonds. The quantitative estimate of drug-likeness (QED) is 0.243. The first kappa shape index (κ1) is 37.0. The van der Waals surface area contributed by atoms with Gasteiger partial charge in [0.1, 0.15) is 11.1 Å². The average Bonchev–Trinajstić information content (AvgIpc) is 3.18. The highest BCUT2D eigenvalue weighted by Gasteiger charge is 2.94. The number of nitriles is 1. The molecule has 0 atom stereocenters. The first-order valence-electron chi connectivity index (χ1n) is 10.7. The van der Waals surface area contributed by atoms with Crippen LogP contribution in [0.1, 0.15) is 34.6 Å². The fourth-order valence-corrected chi connectivity index (χ4v) is 4.17. The van der Waals surface area contributed by atoms with Crippen molar-refractivity contribution in [3.05, 3.63) is 16.0 Å². The number of halogens is 16. The number of nitrogens with zero attached hydrogens (tertiary/aromatic N) is 2. The lowest BCUT2D eigenvalue weighted by molar-refractivity contribution is -0.443. The van der Waals surface area contributed by atoms with Crippen LogP contribution in [-0.2, 0) is 4.79 Å². The fraction of sp³-hybridized carbons (Fsp3) is 0.650. The Bertz CT molecular complexity index is 1230. The maximum atomic E-state index is 14.3. The normalized spacial score (nSPS) is 14.2. The highest BCUT2D eigenvalue weighted by atomic mass is 32.1. The van der Waals surface area contributed by atoms with Gasteiger partial charge in [-0.1, -0.05) is 0 Å². The van der Waals surface area contributed by atoms with E-state index in [1.54, 1.807) is 0 Å². The Balaban J connectivity index is 3.65. The monoisotopic (exact) mass is 665 g/mol. The van der Waals surface area contributed by atoms with Crippen molar-refractivity contribution < 1.29 is 79.8 Å². The number of nitrogens with one attached hydrogen (secondary N) is 1. The van der Waals surface area contributed by atoms with Crippen molar-refractivity contribution in [2.24, 2.45) is 0 Å². The third kappa shape index (κ3) is 5.10. The van der Waals surface area contributed by atoms with Gasteiger partial charge in [-0.15, -0.1) is 11.3 Å². The molecule has 0 aromatic carbocycles. The molecule has 1 rings (SSSR count). The van der Waals surface area contributed by atoms with Crippen LogP contribution >= 0.6 is 11.3 Å². The second-order valence-electron chi connectivity index (χ2n) is 8.17. The van der Waals surface area contributed by atoms with E-state index in [1.165, 1.54) is 19.9 Å². The molecule has 1 heterocycles. The van der Waals surface area contributed by atoms with Crippen molar-refractivity contribution in [1.29, 1.82) is 5.26 Å². The highest BCUT2D eigenvalue weighted by molar-refractivity contribution is 7.18. The highest BCUT2D eigenvalue weighted by Crippen LogP contribution is 2.62. The van der Waals surface area contributed by atoms with Gasteiger partial charge in [-0.2, -0.15) is 66.7 Å². The summed E-state index contributed by atoms with van der Waals surface area (Å²) < 4.78 is 216. The van der Waals surface area contributed by atoms with Gasteiger partial charge in [0.25, 0.3) is 5.91 Å². The first-order chi connectivity index (χ1) is 18.6. The van der Waals surface area contributed by atoms with Crippen molar-refractivity contribution in [3.63, 3.8) is 0 Å². The summed E-state index contributed by atoms with van der Waals surface area (Å²) in [4.78, 5) is 25.0. The zero-order valence-electron chi connectivity index (χ0n) is 20.7. The largest absolute Gasteiger partial charge is 0.393 e. The van der Waals surface area contributed by atoms with Crippen LogP contribution in [0, 0.1) is 18.3 Å². The van der Waals surface area contributed by atoms with Gasteiger partial charge in [-0.25, -0.2) is 8.78 Å².